The summed E-state index contributed by atoms with van der Waals surface area (Å²) in [4.78, 5) is 10.7. The first-order valence-electron chi connectivity index (χ1n) is 3.33. The summed E-state index contributed by atoms with van der Waals surface area (Å²) in [6, 6.07) is 0.516. The molecule has 1 aliphatic carbocycles. The highest BCUT2D eigenvalue weighted by Gasteiger charge is 2.36. The predicted octanol–water partition coefficient (Wildman–Crippen LogP) is 1.36. The Balaban J connectivity index is 2.09. The van der Waals surface area contributed by atoms with E-state index in [0.717, 1.165) is 0 Å². The first-order valence-corrected chi connectivity index (χ1v) is 4.21. The van der Waals surface area contributed by atoms with Crippen LogP contribution in [0.4, 0.5) is 4.79 Å². The summed E-state index contributed by atoms with van der Waals surface area (Å²) < 4.78 is 0. The molecule has 0 aromatic heterocycles. The molecule has 0 spiro atoms. The van der Waals surface area contributed by atoms with E-state index in [1.54, 1.807) is 0 Å². The van der Waals surface area contributed by atoms with Crippen LogP contribution in [0.15, 0.2) is 0 Å². The molecule has 0 radical (unpaired) electrons. The van der Waals surface area contributed by atoms with Crippen LogP contribution in [0.25, 0.3) is 0 Å². The van der Waals surface area contributed by atoms with E-state index in [-0.39, 0.29) is 5.24 Å². The largest absolute Gasteiger partial charge is 0.343 e. The van der Waals surface area contributed by atoms with E-state index in [1.807, 2.05) is 0 Å². The van der Waals surface area contributed by atoms with E-state index in [4.69, 9.17) is 0 Å². The second-order valence-corrected chi connectivity index (χ2v) is 3.84. The van der Waals surface area contributed by atoms with Crippen molar-refractivity contribution in [1.29, 1.82) is 0 Å². The molecule has 2 nitrogen and oxygen atoms in total. The molecular weight excluding hydrogens is 134 g/mol. The average molecular weight is 143 g/mol. The lowest BCUT2D eigenvalue weighted by Gasteiger charge is -2.03. The molecule has 2 rings (SSSR count). The van der Waals surface area contributed by atoms with Gasteiger partial charge in [0.1, 0.15) is 0 Å². The topological polar surface area (TPSA) is 29.1 Å². The van der Waals surface area contributed by atoms with Gasteiger partial charge in [0.2, 0.25) is 0 Å². The summed E-state index contributed by atoms with van der Waals surface area (Å²) in [6.45, 7) is 0. The second-order valence-electron chi connectivity index (χ2n) is 2.63. The van der Waals surface area contributed by atoms with Gasteiger partial charge in [0.05, 0.1) is 0 Å². The van der Waals surface area contributed by atoms with Crippen molar-refractivity contribution in [1.82, 2.24) is 5.32 Å². The van der Waals surface area contributed by atoms with Crippen LogP contribution >= 0.6 is 11.8 Å². The Morgan fingerprint density at radius 2 is 2.44 bits per heavy atom. The zero-order valence-corrected chi connectivity index (χ0v) is 5.91. The maximum absolute atomic E-state index is 10.7. The molecule has 1 heterocycles. The second kappa shape index (κ2) is 1.90. The highest BCUT2D eigenvalue weighted by Crippen LogP contribution is 2.35. The van der Waals surface area contributed by atoms with Gasteiger partial charge in [-0.3, -0.25) is 4.79 Å². The van der Waals surface area contributed by atoms with E-state index in [2.05, 4.69) is 5.32 Å². The minimum Gasteiger partial charge on any atom is -0.343 e. The van der Waals surface area contributed by atoms with Crippen molar-refractivity contribution < 1.29 is 4.79 Å². The smallest absolute Gasteiger partial charge is 0.279 e. The van der Waals surface area contributed by atoms with Gasteiger partial charge < -0.3 is 5.32 Å². The standard InChI is InChI=1S/C6H9NOS/c8-6-7-4-2-1-3-5(4)9-6/h4-5H,1-3H2,(H,7,8). The Morgan fingerprint density at radius 3 is 3.22 bits per heavy atom. The number of fused-ring (bicyclic) bond motifs is 1. The lowest BCUT2D eigenvalue weighted by Crippen LogP contribution is -2.26. The van der Waals surface area contributed by atoms with Crippen LogP contribution in [0.1, 0.15) is 19.3 Å². The average Bonchev–Trinajstić information content (AvgIpc) is 2.22. The van der Waals surface area contributed by atoms with Crippen molar-refractivity contribution in [3.63, 3.8) is 0 Å². The van der Waals surface area contributed by atoms with E-state index >= 15 is 0 Å². The van der Waals surface area contributed by atoms with Crippen molar-refractivity contribution in [3.05, 3.63) is 0 Å². The van der Waals surface area contributed by atoms with Gasteiger partial charge in [-0.1, -0.05) is 18.2 Å². The highest BCUT2D eigenvalue weighted by molar-refractivity contribution is 8.14. The van der Waals surface area contributed by atoms with Crippen LogP contribution < -0.4 is 5.32 Å². The van der Waals surface area contributed by atoms with Crippen molar-refractivity contribution in [2.45, 2.75) is 30.6 Å². The van der Waals surface area contributed by atoms with Gasteiger partial charge in [-0.2, -0.15) is 0 Å². The molecule has 2 fully saturated rings. The third-order valence-corrected chi connectivity index (χ3v) is 3.21. The van der Waals surface area contributed by atoms with Crippen LogP contribution in [0, 0.1) is 0 Å². The molecule has 1 saturated heterocycles. The summed E-state index contributed by atoms with van der Waals surface area (Å²) in [5.74, 6) is 0. The van der Waals surface area contributed by atoms with E-state index < -0.39 is 0 Å². The number of carbonyl (C=O) groups is 1. The van der Waals surface area contributed by atoms with Crippen molar-refractivity contribution in [3.8, 4) is 0 Å². The number of amides is 1. The van der Waals surface area contributed by atoms with Crippen LogP contribution in [-0.2, 0) is 0 Å². The molecule has 0 aromatic carbocycles. The maximum Gasteiger partial charge on any atom is 0.279 e. The fourth-order valence-electron chi connectivity index (χ4n) is 1.56. The van der Waals surface area contributed by atoms with Gasteiger partial charge in [-0.15, -0.1) is 0 Å². The number of thioether (sulfide) groups is 1. The van der Waals surface area contributed by atoms with Crippen molar-refractivity contribution in [2.75, 3.05) is 0 Å². The fraction of sp³-hybridized carbons (Fsp3) is 0.833. The third-order valence-electron chi connectivity index (χ3n) is 2.01. The summed E-state index contributed by atoms with van der Waals surface area (Å²) in [5, 5.41) is 3.73. The zero-order valence-electron chi connectivity index (χ0n) is 5.09. The van der Waals surface area contributed by atoms with Crippen LogP contribution in [0.3, 0.4) is 0 Å². The van der Waals surface area contributed by atoms with E-state index in [0.29, 0.717) is 11.3 Å². The zero-order chi connectivity index (χ0) is 6.27. The minimum atomic E-state index is 0.185. The van der Waals surface area contributed by atoms with Gasteiger partial charge in [0.15, 0.2) is 0 Å². The van der Waals surface area contributed by atoms with Gasteiger partial charge in [-0.25, -0.2) is 0 Å². The summed E-state index contributed by atoms with van der Waals surface area (Å²) in [6.07, 6.45) is 3.72. The number of hydrogen-bond donors (Lipinski definition) is 1. The summed E-state index contributed by atoms with van der Waals surface area (Å²) in [5.41, 5.74) is 0. The first-order chi connectivity index (χ1) is 4.36. The summed E-state index contributed by atoms with van der Waals surface area (Å²) in [7, 11) is 0. The van der Waals surface area contributed by atoms with Gasteiger partial charge >= 0.3 is 0 Å². The minimum absolute atomic E-state index is 0.185. The number of rotatable bonds is 0. The molecular formula is C6H9NOS. The quantitative estimate of drug-likeness (QED) is 0.554. The lowest BCUT2D eigenvalue weighted by molar-refractivity contribution is 0.260. The van der Waals surface area contributed by atoms with Gasteiger partial charge in [0, 0.05) is 11.3 Å². The summed E-state index contributed by atoms with van der Waals surface area (Å²) >= 11 is 1.49. The molecule has 1 saturated carbocycles. The molecule has 0 bridgehead atoms. The molecule has 0 aromatic rings. The normalized spacial score (nSPS) is 40.7. The molecule has 1 aliphatic heterocycles. The SMILES string of the molecule is O=C1NC2CCCC2S1. The molecule has 1 amide bonds. The van der Waals surface area contributed by atoms with Gasteiger partial charge in [-0.05, 0) is 12.8 Å². The molecule has 2 atom stereocenters. The van der Waals surface area contributed by atoms with Crippen molar-refractivity contribution in [2.24, 2.45) is 0 Å². The highest BCUT2D eigenvalue weighted by atomic mass is 32.2. The number of nitrogens with one attached hydrogen (secondary N) is 1. The maximum atomic E-state index is 10.7. The monoisotopic (exact) mass is 143 g/mol. The molecule has 50 valence electrons. The van der Waals surface area contributed by atoms with E-state index in [1.165, 1.54) is 31.0 Å². The predicted molar refractivity (Wildman–Crippen MR) is 37.5 cm³/mol. The Labute approximate surface area is 58.4 Å². The molecule has 2 unspecified atom stereocenters. The number of hydrogen-bond acceptors (Lipinski definition) is 2. The molecule has 1 N–H and O–H groups in total. The third kappa shape index (κ3) is 0.834. The van der Waals surface area contributed by atoms with Crippen molar-refractivity contribution >= 4 is 17.0 Å². The van der Waals surface area contributed by atoms with Crippen LogP contribution in [0.2, 0.25) is 0 Å². The Bertz CT molecular complexity index is 134. The van der Waals surface area contributed by atoms with Crippen LogP contribution in [0.5, 0.6) is 0 Å². The van der Waals surface area contributed by atoms with E-state index in [9.17, 15) is 4.79 Å². The number of carbonyl (C=O) groups excluding carboxylic acids is 1. The van der Waals surface area contributed by atoms with Gasteiger partial charge in [0.25, 0.3) is 5.24 Å². The first kappa shape index (κ1) is 5.59. The molecule has 2 aliphatic rings. The fourth-order valence-corrected chi connectivity index (χ4v) is 2.70. The Morgan fingerprint density at radius 1 is 1.56 bits per heavy atom. The Kier molecular flexibility index (Phi) is 1.18. The lowest BCUT2D eigenvalue weighted by atomic mass is 10.3. The Hall–Kier alpha value is -0.180. The molecule has 9 heavy (non-hydrogen) atoms. The molecule has 3 heteroatoms. The van der Waals surface area contributed by atoms with Crippen LogP contribution in [-0.4, -0.2) is 16.5 Å².